The highest BCUT2D eigenvalue weighted by Gasteiger charge is 2.22. The number of nitrogens with zero attached hydrogens (tertiary/aromatic N) is 2. The molecular formula is C15H17N5O2. The van der Waals surface area contributed by atoms with Gasteiger partial charge in [0.05, 0.1) is 0 Å². The highest BCUT2D eigenvalue weighted by Crippen LogP contribution is 2.21. The Labute approximate surface area is 127 Å². The third kappa shape index (κ3) is 3.08. The average Bonchev–Trinajstić information content (AvgIpc) is 3.19. The van der Waals surface area contributed by atoms with Gasteiger partial charge in [0.1, 0.15) is 5.69 Å². The van der Waals surface area contributed by atoms with Crippen LogP contribution in [0.3, 0.4) is 0 Å². The zero-order valence-electron chi connectivity index (χ0n) is 12.0. The summed E-state index contributed by atoms with van der Waals surface area (Å²) in [4.78, 5) is 25.5. The quantitative estimate of drug-likeness (QED) is 0.732. The molecular weight excluding hydrogens is 282 g/mol. The first-order valence-electron chi connectivity index (χ1n) is 7.11. The number of fused-ring (bicyclic) bond motifs is 1. The topological polar surface area (TPSA) is 90.1 Å². The Morgan fingerprint density at radius 2 is 1.77 bits per heavy atom. The van der Waals surface area contributed by atoms with E-state index in [2.05, 4.69) is 20.8 Å². The maximum absolute atomic E-state index is 12.1. The van der Waals surface area contributed by atoms with Crippen molar-refractivity contribution in [2.45, 2.75) is 13.1 Å². The van der Waals surface area contributed by atoms with Crippen molar-refractivity contribution in [3.63, 3.8) is 0 Å². The van der Waals surface area contributed by atoms with Crippen molar-refractivity contribution in [3.8, 4) is 0 Å². The Hall–Kier alpha value is -2.83. The smallest absolute Gasteiger partial charge is 0.318 e. The van der Waals surface area contributed by atoms with Crippen LogP contribution in [-0.4, -0.2) is 40.1 Å². The predicted octanol–water partition coefficient (Wildman–Crippen LogP) is 0.865. The SMILES string of the molecule is O=C(NCCNC(=O)N1Cc2ccccc2C1)c1ccn[nH]1. The fraction of sp³-hybridized carbons (Fsp3) is 0.267. The molecule has 1 aliphatic rings. The Bertz CT molecular complexity index is 643. The molecule has 22 heavy (non-hydrogen) atoms. The van der Waals surface area contributed by atoms with E-state index in [1.54, 1.807) is 11.0 Å². The summed E-state index contributed by atoms with van der Waals surface area (Å²) >= 11 is 0. The molecule has 7 nitrogen and oxygen atoms in total. The van der Waals surface area contributed by atoms with Crippen molar-refractivity contribution >= 4 is 11.9 Å². The van der Waals surface area contributed by atoms with Crippen LogP contribution in [0.25, 0.3) is 0 Å². The Kier molecular flexibility index (Phi) is 4.04. The number of H-pyrrole nitrogens is 1. The van der Waals surface area contributed by atoms with Crippen molar-refractivity contribution in [3.05, 3.63) is 53.3 Å². The molecule has 0 saturated heterocycles. The number of rotatable bonds is 4. The van der Waals surface area contributed by atoms with Crippen LogP contribution in [0.1, 0.15) is 21.6 Å². The van der Waals surface area contributed by atoms with Crippen LogP contribution in [-0.2, 0) is 13.1 Å². The number of urea groups is 1. The lowest BCUT2D eigenvalue weighted by Gasteiger charge is -2.16. The molecule has 0 fully saturated rings. The lowest BCUT2D eigenvalue weighted by molar-refractivity contribution is 0.0948. The number of nitrogens with one attached hydrogen (secondary N) is 3. The van der Waals surface area contributed by atoms with E-state index >= 15 is 0 Å². The normalized spacial score (nSPS) is 12.8. The molecule has 114 valence electrons. The highest BCUT2D eigenvalue weighted by atomic mass is 16.2. The van der Waals surface area contributed by atoms with E-state index in [0.29, 0.717) is 31.9 Å². The van der Waals surface area contributed by atoms with Gasteiger partial charge in [-0.15, -0.1) is 0 Å². The summed E-state index contributed by atoms with van der Waals surface area (Å²) in [6.45, 7) is 2.00. The van der Waals surface area contributed by atoms with E-state index in [1.165, 1.54) is 17.3 Å². The van der Waals surface area contributed by atoms with Crippen LogP contribution in [0.2, 0.25) is 0 Å². The molecule has 2 aromatic rings. The molecule has 0 unspecified atom stereocenters. The summed E-state index contributed by atoms with van der Waals surface area (Å²) in [6.07, 6.45) is 1.52. The molecule has 1 aromatic carbocycles. The fourth-order valence-electron chi connectivity index (χ4n) is 2.41. The van der Waals surface area contributed by atoms with Crippen LogP contribution >= 0.6 is 0 Å². The van der Waals surface area contributed by atoms with Gasteiger partial charge in [0.2, 0.25) is 0 Å². The first-order valence-corrected chi connectivity index (χ1v) is 7.11. The van der Waals surface area contributed by atoms with Crippen LogP contribution in [0.15, 0.2) is 36.5 Å². The minimum atomic E-state index is -0.236. The van der Waals surface area contributed by atoms with E-state index < -0.39 is 0 Å². The van der Waals surface area contributed by atoms with E-state index in [0.717, 1.165) is 0 Å². The van der Waals surface area contributed by atoms with Crippen LogP contribution in [0, 0.1) is 0 Å². The Balaban J connectivity index is 1.40. The number of carbonyl (C=O) groups is 2. The fourth-order valence-corrected chi connectivity index (χ4v) is 2.41. The Morgan fingerprint density at radius 3 is 2.41 bits per heavy atom. The molecule has 3 rings (SSSR count). The van der Waals surface area contributed by atoms with E-state index in [4.69, 9.17) is 0 Å². The van der Waals surface area contributed by atoms with Crippen molar-refractivity contribution < 1.29 is 9.59 Å². The minimum absolute atomic E-state index is 0.119. The number of carbonyl (C=O) groups excluding carboxylic acids is 2. The van der Waals surface area contributed by atoms with Gasteiger partial charge >= 0.3 is 6.03 Å². The minimum Gasteiger partial charge on any atom is -0.349 e. The maximum atomic E-state index is 12.1. The van der Waals surface area contributed by atoms with Gasteiger partial charge in [0.15, 0.2) is 0 Å². The van der Waals surface area contributed by atoms with Gasteiger partial charge in [0.25, 0.3) is 5.91 Å². The summed E-state index contributed by atoms with van der Waals surface area (Å²) in [5.74, 6) is -0.236. The first-order chi connectivity index (χ1) is 10.7. The molecule has 2 heterocycles. The standard InChI is InChI=1S/C15H17N5O2/c21-14(13-5-6-18-19-13)16-7-8-17-15(22)20-9-11-3-1-2-4-12(11)10-20/h1-6H,7-10H2,(H,16,21)(H,17,22)(H,18,19). The van der Waals surface area contributed by atoms with Gasteiger partial charge in [-0.25, -0.2) is 4.79 Å². The lowest BCUT2D eigenvalue weighted by atomic mass is 10.1. The van der Waals surface area contributed by atoms with E-state index in [-0.39, 0.29) is 11.9 Å². The monoisotopic (exact) mass is 299 g/mol. The summed E-state index contributed by atoms with van der Waals surface area (Å²) in [6, 6.07) is 9.50. The zero-order valence-corrected chi connectivity index (χ0v) is 12.0. The number of hydrogen-bond donors (Lipinski definition) is 3. The predicted molar refractivity (Wildman–Crippen MR) is 80.0 cm³/mol. The molecule has 0 aliphatic carbocycles. The van der Waals surface area contributed by atoms with Gasteiger partial charge in [0, 0.05) is 32.4 Å². The molecule has 1 aromatic heterocycles. The number of amides is 3. The van der Waals surface area contributed by atoms with Crippen molar-refractivity contribution in [1.82, 2.24) is 25.7 Å². The molecule has 7 heteroatoms. The molecule has 0 radical (unpaired) electrons. The zero-order chi connectivity index (χ0) is 15.4. The molecule has 1 aliphatic heterocycles. The summed E-state index contributed by atoms with van der Waals surface area (Å²) in [7, 11) is 0. The first kappa shape index (κ1) is 14.1. The summed E-state index contributed by atoms with van der Waals surface area (Å²) in [5, 5.41) is 11.8. The van der Waals surface area contributed by atoms with E-state index in [9.17, 15) is 9.59 Å². The number of hydrogen-bond acceptors (Lipinski definition) is 3. The molecule has 0 spiro atoms. The lowest BCUT2D eigenvalue weighted by Crippen LogP contribution is -2.40. The van der Waals surface area contributed by atoms with Gasteiger partial charge in [-0.1, -0.05) is 24.3 Å². The average molecular weight is 299 g/mol. The second-order valence-corrected chi connectivity index (χ2v) is 5.08. The molecule has 0 saturated carbocycles. The molecule has 3 N–H and O–H groups in total. The second-order valence-electron chi connectivity index (χ2n) is 5.08. The van der Waals surface area contributed by atoms with Gasteiger partial charge < -0.3 is 15.5 Å². The molecule has 3 amide bonds. The summed E-state index contributed by atoms with van der Waals surface area (Å²) in [5.41, 5.74) is 2.77. The van der Waals surface area contributed by atoms with E-state index in [1.807, 2.05) is 24.3 Å². The van der Waals surface area contributed by atoms with Crippen molar-refractivity contribution in [1.29, 1.82) is 0 Å². The highest BCUT2D eigenvalue weighted by molar-refractivity contribution is 5.92. The van der Waals surface area contributed by atoms with Gasteiger partial charge in [-0.2, -0.15) is 5.10 Å². The summed E-state index contributed by atoms with van der Waals surface area (Å²) < 4.78 is 0. The third-order valence-corrected chi connectivity index (χ3v) is 3.56. The van der Waals surface area contributed by atoms with Crippen LogP contribution in [0.5, 0.6) is 0 Å². The van der Waals surface area contributed by atoms with Crippen molar-refractivity contribution in [2.24, 2.45) is 0 Å². The van der Waals surface area contributed by atoms with Gasteiger partial charge in [-0.05, 0) is 17.2 Å². The maximum Gasteiger partial charge on any atom is 0.318 e. The Morgan fingerprint density at radius 1 is 1.09 bits per heavy atom. The second kappa shape index (κ2) is 6.30. The van der Waals surface area contributed by atoms with Crippen molar-refractivity contribution in [2.75, 3.05) is 13.1 Å². The van der Waals surface area contributed by atoms with Crippen LogP contribution in [0.4, 0.5) is 4.79 Å². The number of aromatic amines is 1. The molecule has 0 atom stereocenters. The van der Waals surface area contributed by atoms with Gasteiger partial charge in [-0.3, -0.25) is 9.89 Å². The molecule has 0 bridgehead atoms. The number of aromatic nitrogens is 2. The third-order valence-electron chi connectivity index (χ3n) is 3.56. The van der Waals surface area contributed by atoms with Crippen LogP contribution < -0.4 is 10.6 Å². The number of benzene rings is 1. The largest absolute Gasteiger partial charge is 0.349 e.